The van der Waals surface area contributed by atoms with Crippen LogP contribution in [0.1, 0.15) is 24.5 Å². The summed E-state index contributed by atoms with van der Waals surface area (Å²) in [5.74, 6) is -1.91. The molecule has 1 amide bonds. The van der Waals surface area contributed by atoms with E-state index in [1.165, 1.54) is 23.1 Å². The number of benzene rings is 1. The van der Waals surface area contributed by atoms with Gasteiger partial charge in [0, 0.05) is 19.2 Å². The summed E-state index contributed by atoms with van der Waals surface area (Å²) < 4.78 is 38.1. The van der Waals surface area contributed by atoms with Gasteiger partial charge in [-0.25, -0.2) is 0 Å². The Hall–Kier alpha value is -2.31. The van der Waals surface area contributed by atoms with Crippen LogP contribution in [0.3, 0.4) is 0 Å². The standard InChI is InChI=1S/C16H16F3NO3/c1-10(11-3-2-4-13(8-11)16(17,18)19)7-14(21)20-6-5-12(9-20)15(22)23/h2-4,7-8,12H,5-6,9H2,1H3,(H,22,23)/b10-7+. The second kappa shape index (κ2) is 6.44. The molecule has 23 heavy (non-hydrogen) atoms. The Balaban J connectivity index is 2.14. The number of amides is 1. The Morgan fingerprint density at radius 2 is 2.04 bits per heavy atom. The zero-order valence-corrected chi connectivity index (χ0v) is 12.4. The van der Waals surface area contributed by atoms with Gasteiger partial charge < -0.3 is 10.0 Å². The molecule has 4 nitrogen and oxygen atoms in total. The van der Waals surface area contributed by atoms with Crippen molar-refractivity contribution in [3.8, 4) is 0 Å². The fraction of sp³-hybridized carbons (Fsp3) is 0.375. The molecule has 1 N–H and O–H groups in total. The number of halogens is 3. The summed E-state index contributed by atoms with van der Waals surface area (Å²) in [5, 5.41) is 8.92. The highest BCUT2D eigenvalue weighted by atomic mass is 19.4. The summed E-state index contributed by atoms with van der Waals surface area (Å²) in [7, 11) is 0. The van der Waals surface area contributed by atoms with E-state index in [0.29, 0.717) is 24.1 Å². The highest BCUT2D eigenvalue weighted by molar-refractivity contribution is 5.95. The van der Waals surface area contributed by atoms with Crippen LogP contribution in [0.4, 0.5) is 13.2 Å². The molecule has 1 aromatic rings. The smallest absolute Gasteiger partial charge is 0.416 e. The largest absolute Gasteiger partial charge is 0.481 e. The minimum Gasteiger partial charge on any atom is -0.481 e. The molecule has 1 saturated heterocycles. The maximum atomic E-state index is 12.7. The van der Waals surface area contributed by atoms with Crippen LogP contribution in [-0.4, -0.2) is 35.0 Å². The average Bonchev–Trinajstić information content (AvgIpc) is 2.96. The molecule has 0 bridgehead atoms. The molecular formula is C16H16F3NO3. The number of allylic oxidation sites excluding steroid dienone is 1. The minimum absolute atomic E-state index is 0.126. The van der Waals surface area contributed by atoms with Crippen LogP contribution in [0.15, 0.2) is 30.3 Å². The van der Waals surface area contributed by atoms with Crippen molar-refractivity contribution in [3.63, 3.8) is 0 Å². The van der Waals surface area contributed by atoms with E-state index in [1.54, 1.807) is 6.92 Å². The molecule has 0 radical (unpaired) electrons. The summed E-state index contributed by atoms with van der Waals surface area (Å²) >= 11 is 0. The lowest BCUT2D eigenvalue weighted by Gasteiger charge is -2.14. The van der Waals surface area contributed by atoms with Gasteiger partial charge in [0.25, 0.3) is 0 Å². The van der Waals surface area contributed by atoms with E-state index in [0.717, 1.165) is 12.1 Å². The van der Waals surface area contributed by atoms with Crippen molar-refractivity contribution in [2.45, 2.75) is 19.5 Å². The molecule has 0 aromatic heterocycles. The first-order chi connectivity index (χ1) is 10.7. The zero-order valence-electron chi connectivity index (χ0n) is 12.4. The van der Waals surface area contributed by atoms with Crippen molar-refractivity contribution < 1.29 is 27.9 Å². The number of alkyl halides is 3. The number of carboxylic acids is 1. The molecule has 124 valence electrons. The maximum Gasteiger partial charge on any atom is 0.416 e. The fourth-order valence-corrected chi connectivity index (χ4v) is 2.46. The molecule has 1 aliphatic heterocycles. The lowest BCUT2D eigenvalue weighted by molar-refractivity contribution is -0.141. The number of rotatable bonds is 3. The third-order valence-electron chi connectivity index (χ3n) is 3.83. The summed E-state index contributed by atoms with van der Waals surface area (Å²) in [6.07, 6.45) is -2.80. The van der Waals surface area contributed by atoms with Crippen molar-refractivity contribution >= 4 is 17.4 Å². The molecule has 1 aromatic carbocycles. The van der Waals surface area contributed by atoms with Crippen molar-refractivity contribution in [2.75, 3.05) is 13.1 Å². The molecule has 1 aliphatic rings. The van der Waals surface area contributed by atoms with Crippen LogP contribution in [-0.2, 0) is 15.8 Å². The first kappa shape index (κ1) is 17.1. The molecule has 2 rings (SSSR count). The van der Waals surface area contributed by atoms with Gasteiger partial charge in [0.1, 0.15) is 0 Å². The fourth-order valence-electron chi connectivity index (χ4n) is 2.46. The van der Waals surface area contributed by atoms with Gasteiger partial charge in [-0.05, 0) is 36.6 Å². The second-order valence-electron chi connectivity index (χ2n) is 5.51. The van der Waals surface area contributed by atoms with Gasteiger partial charge in [0.05, 0.1) is 11.5 Å². The van der Waals surface area contributed by atoms with E-state index in [2.05, 4.69) is 0 Å². The molecule has 0 saturated carbocycles. The second-order valence-corrected chi connectivity index (χ2v) is 5.51. The van der Waals surface area contributed by atoms with Crippen molar-refractivity contribution in [3.05, 3.63) is 41.5 Å². The molecule has 1 fully saturated rings. The first-order valence-corrected chi connectivity index (χ1v) is 7.06. The number of aliphatic carboxylic acids is 1. The average molecular weight is 327 g/mol. The van der Waals surface area contributed by atoms with Gasteiger partial charge in [-0.15, -0.1) is 0 Å². The van der Waals surface area contributed by atoms with Crippen LogP contribution in [0.5, 0.6) is 0 Å². The van der Waals surface area contributed by atoms with E-state index < -0.39 is 23.6 Å². The van der Waals surface area contributed by atoms with Crippen molar-refractivity contribution in [1.82, 2.24) is 4.90 Å². The Morgan fingerprint density at radius 3 is 2.61 bits per heavy atom. The predicted molar refractivity (Wildman–Crippen MR) is 77.4 cm³/mol. The van der Waals surface area contributed by atoms with Crippen LogP contribution < -0.4 is 0 Å². The van der Waals surface area contributed by atoms with E-state index in [1.807, 2.05) is 0 Å². The lowest BCUT2D eigenvalue weighted by atomic mass is 10.0. The van der Waals surface area contributed by atoms with Crippen molar-refractivity contribution in [1.29, 1.82) is 0 Å². The van der Waals surface area contributed by atoms with E-state index in [-0.39, 0.29) is 12.5 Å². The Kier molecular flexibility index (Phi) is 4.77. The monoisotopic (exact) mass is 327 g/mol. The molecule has 0 spiro atoms. The Labute approximate surface area is 131 Å². The minimum atomic E-state index is -4.44. The van der Waals surface area contributed by atoms with Crippen LogP contribution >= 0.6 is 0 Å². The van der Waals surface area contributed by atoms with Gasteiger partial charge in [-0.3, -0.25) is 9.59 Å². The summed E-state index contributed by atoms with van der Waals surface area (Å²) in [5.41, 5.74) is -0.0654. The summed E-state index contributed by atoms with van der Waals surface area (Å²) in [6.45, 7) is 2.01. The first-order valence-electron chi connectivity index (χ1n) is 7.06. The maximum absolute atomic E-state index is 12.7. The summed E-state index contributed by atoms with van der Waals surface area (Å²) in [4.78, 5) is 24.4. The quantitative estimate of drug-likeness (QED) is 0.868. The highest BCUT2D eigenvalue weighted by Gasteiger charge is 2.31. The number of carbonyl (C=O) groups is 2. The number of hydrogen-bond donors (Lipinski definition) is 1. The molecule has 1 atom stereocenters. The van der Waals surface area contributed by atoms with Crippen LogP contribution in [0.2, 0.25) is 0 Å². The lowest BCUT2D eigenvalue weighted by Crippen LogP contribution is -2.28. The number of carboxylic acid groups (broad SMARTS) is 1. The topological polar surface area (TPSA) is 57.6 Å². The van der Waals surface area contributed by atoms with Gasteiger partial charge in [-0.2, -0.15) is 13.2 Å². The molecular weight excluding hydrogens is 311 g/mol. The number of likely N-dealkylation sites (tertiary alicyclic amines) is 1. The third-order valence-corrected chi connectivity index (χ3v) is 3.83. The van der Waals surface area contributed by atoms with Gasteiger partial charge in [0.2, 0.25) is 5.91 Å². The molecule has 7 heteroatoms. The van der Waals surface area contributed by atoms with E-state index in [4.69, 9.17) is 5.11 Å². The SMILES string of the molecule is C/C(=C\C(=O)N1CCC(C(=O)O)C1)c1cccc(C(F)(F)F)c1. The van der Waals surface area contributed by atoms with E-state index in [9.17, 15) is 22.8 Å². The van der Waals surface area contributed by atoms with Crippen molar-refractivity contribution in [2.24, 2.45) is 5.92 Å². The number of hydrogen-bond acceptors (Lipinski definition) is 2. The Bertz CT molecular complexity index is 652. The third kappa shape index (κ3) is 4.12. The predicted octanol–water partition coefficient (Wildman–Crippen LogP) is 3.04. The van der Waals surface area contributed by atoms with Gasteiger partial charge in [0.15, 0.2) is 0 Å². The highest BCUT2D eigenvalue weighted by Crippen LogP contribution is 2.31. The molecule has 1 unspecified atom stereocenters. The molecule has 0 aliphatic carbocycles. The van der Waals surface area contributed by atoms with Crippen LogP contribution in [0.25, 0.3) is 5.57 Å². The van der Waals surface area contributed by atoms with Gasteiger partial charge >= 0.3 is 12.1 Å². The Morgan fingerprint density at radius 1 is 1.35 bits per heavy atom. The normalized spacial score (nSPS) is 19.0. The molecule has 1 heterocycles. The summed E-state index contributed by atoms with van der Waals surface area (Å²) in [6, 6.07) is 4.74. The number of carbonyl (C=O) groups excluding carboxylic acids is 1. The number of nitrogens with zero attached hydrogens (tertiary/aromatic N) is 1. The van der Waals surface area contributed by atoms with Gasteiger partial charge in [-0.1, -0.05) is 12.1 Å². The zero-order chi connectivity index (χ0) is 17.2. The van der Waals surface area contributed by atoms with Crippen LogP contribution in [0, 0.1) is 5.92 Å². The van der Waals surface area contributed by atoms with E-state index >= 15 is 0 Å².